The highest BCUT2D eigenvalue weighted by Gasteiger charge is 2.12. The Morgan fingerprint density at radius 1 is 0.900 bits per heavy atom. The van der Waals surface area contributed by atoms with Crippen LogP contribution in [-0.4, -0.2) is 16.2 Å². The van der Waals surface area contributed by atoms with Crippen molar-refractivity contribution < 1.29 is 0 Å². The number of hydrogen-bond acceptors (Lipinski definition) is 3. The van der Waals surface area contributed by atoms with Crippen molar-refractivity contribution in [3.63, 3.8) is 0 Å². The number of aliphatic imine (C=N–C) groups is 1. The lowest BCUT2D eigenvalue weighted by Crippen LogP contribution is -1.96. The van der Waals surface area contributed by atoms with Crippen LogP contribution in [-0.2, 0) is 0 Å². The first-order chi connectivity index (χ1) is 9.59. The molecule has 0 radical (unpaired) electrons. The first kappa shape index (κ1) is 14.4. The number of hydrogen-bond donors (Lipinski definition) is 0. The Hall–Kier alpha value is -2.03. The van der Waals surface area contributed by atoms with Gasteiger partial charge in [-0.15, -0.1) is 0 Å². The van der Waals surface area contributed by atoms with E-state index in [0.29, 0.717) is 17.7 Å². The fourth-order valence-electron chi connectivity index (χ4n) is 2.16. The molecule has 0 spiro atoms. The van der Waals surface area contributed by atoms with Crippen molar-refractivity contribution in [1.29, 1.82) is 0 Å². The summed E-state index contributed by atoms with van der Waals surface area (Å²) in [4.78, 5) is 13.0. The van der Waals surface area contributed by atoms with Crippen LogP contribution >= 0.6 is 0 Å². The highest BCUT2D eigenvalue weighted by atomic mass is 14.9. The van der Waals surface area contributed by atoms with Crippen molar-refractivity contribution >= 4 is 11.9 Å². The van der Waals surface area contributed by atoms with Crippen LogP contribution in [0.5, 0.6) is 0 Å². The summed E-state index contributed by atoms with van der Waals surface area (Å²) in [5.41, 5.74) is 3.59. The molecule has 1 heterocycles. The van der Waals surface area contributed by atoms with Crippen molar-refractivity contribution in [2.24, 2.45) is 4.99 Å². The maximum atomic E-state index is 4.67. The zero-order valence-corrected chi connectivity index (χ0v) is 12.5. The van der Waals surface area contributed by atoms with E-state index < -0.39 is 0 Å². The van der Waals surface area contributed by atoms with E-state index in [1.807, 2.05) is 0 Å². The molecule has 0 amide bonds. The summed E-state index contributed by atoms with van der Waals surface area (Å²) in [5.74, 6) is 1.52. The van der Waals surface area contributed by atoms with Crippen LogP contribution in [0.3, 0.4) is 0 Å². The third-order valence-electron chi connectivity index (χ3n) is 3.24. The number of para-hydroxylation sites is 1. The summed E-state index contributed by atoms with van der Waals surface area (Å²) in [6.07, 6.45) is 5.20. The Balaban J connectivity index is 2.46. The maximum absolute atomic E-state index is 4.67. The number of nitrogens with zero attached hydrogens (tertiary/aromatic N) is 3. The van der Waals surface area contributed by atoms with Crippen LogP contribution in [0, 0.1) is 0 Å². The molecular formula is C17H21N3. The normalized spacial score (nSPS) is 11.7. The monoisotopic (exact) mass is 267 g/mol. The lowest BCUT2D eigenvalue weighted by molar-refractivity contribution is 0.835. The molecule has 0 fully saturated rings. The average Bonchev–Trinajstić information content (AvgIpc) is 2.45. The van der Waals surface area contributed by atoms with E-state index in [4.69, 9.17) is 0 Å². The Kier molecular flexibility index (Phi) is 4.61. The van der Waals surface area contributed by atoms with Gasteiger partial charge in [0.2, 0.25) is 0 Å². The molecule has 2 rings (SSSR count). The fraction of sp³-hybridized carbons (Fsp3) is 0.353. The lowest BCUT2D eigenvalue weighted by Gasteiger charge is -2.16. The van der Waals surface area contributed by atoms with Crippen molar-refractivity contribution in [2.75, 3.05) is 0 Å². The molecule has 0 bridgehead atoms. The van der Waals surface area contributed by atoms with E-state index in [-0.39, 0.29) is 0 Å². The smallest absolute Gasteiger partial charge is 0.170 e. The molecule has 1 aromatic carbocycles. The number of rotatable bonds is 4. The minimum absolute atomic E-state index is 0.442. The molecule has 0 atom stereocenters. The maximum Gasteiger partial charge on any atom is 0.170 e. The van der Waals surface area contributed by atoms with Gasteiger partial charge in [0.15, 0.2) is 5.82 Å². The summed E-state index contributed by atoms with van der Waals surface area (Å²) < 4.78 is 0. The van der Waals surface area contributed by atoms with Gasteiger partial charge in [0, 0.05) is 12.4 Å². The molecule has 0 aliphatic rings. The van der Waals surface area contributed by atoms with Crippen molar-refractivity contribution in [2.45, 2.75) is 39.5 Å². The predicted octanol–water partition coefficient (Wildman–Crippen LogP) is 4.47. The second-order valence-corrected chi connectivity index (χ2v) is 5.46. The molecule has 1 aromatic heterocycles. The summed E-state index contributed by atoms with van der Waals surface area (Å²) in [5, 5.41) is 0. The molecule has 3 nitrogen and oxygen atoms in total. The van der Waals surface area contributed by atoms with Gasteiger partial charge in [-0.2, -0.15) is 0 Å². The van der Waals surface area contributed by atoms with E-state index in [9.17, 15) is 0 Å². The largest absolute Gasteiger partial charge is 0.252 e. The molecule has 0 N–H and O–H groups in total. The van der Waals surface area contributed by atoms with Gasteiger partial charge in [-0.3, -0.25) is 4.99 Å². The standard InChI is InChI=1S/C17H21N3/c1-12(2)14-7-5-8-15(13(3)4)17(14)20-11-16-18-9-6-10-19-16/h5-13H,1-4H3. The molecule has 0 saturated carbocycles. The van der Waals surface area contributed by atoms with Crippen LogP contribution in [0.4, 0.5) is 5.69 Å². The van der Waals surface area contributed by atoms with Gasteiger partial charge in [-0.1, -0.05) is 45.9 Å². The highest BCUT2D eigenvalue weighted by molar-refractivity contribution is 5.78. The fourth-order valence-corrected chi connectivity index (χ4v) is 2.16. The van der Waals surface area contributed by atoms with Gasteiger partial charge in [0.1, 0.15) is 0 Å². The van der Waals surface area contributed by atoms with Crippen LogP contribution < -0.4 is 0 Å². The second kappa shape index (κ2) is 6.42. The van der Waals surface area contributed by atoms with Crippen molar-refractivity contribution in [3.05, 3.63) is 53.6 Å². The SMILES string of the molecule is CC(C)c1cccc(C(C)C)c1N=Cc1ncccn1. The average molecular weight is 267 g/mol. The van der Waals surface area contributed by atoms with E-state index in [0.717, 1.165) is 5.69 Å². The lowest BCUT2D eigenvalue weighted by atomic mass is 9.93. The first-order valence-corrected chi connectivity index (χ1v) is 7.03. The highest BCUT2D eigenvalue weighted by Crippen LogP contribution is 2.34. The van der Waals surface area contributed by atoms with E-state index >= 15 is 0 Å². The van der Waals surface area contributed by atoms with Crippen molar-refractivity contribution in [3.8, 4) is 0 Å². The van der Waals surface area contributed by atoms with Gasteiger partial charge in [0.05, 0.1) is 11.9 Å². The molecule has 104 valence electrons. The number of aromatic nitrogens is 2. The molecule has 0 aliphatic carbocycles. The Morgan fingerprint density at radius 3 is 1.95 bits per heavy atom. The molecule has 20 heavy (non-hydrogen) atoms. The Morgan fingerprint density at radius 2 is 1.45 bits per heavy atom. The molecule has 0 aliphatic heterocycles. The van der Waals surface area contributed by atoms with E-state index in [1.165, 1.54) is 11.1 Å². The number of benzene rings is 1. The molecule has 0 unspecified atom stereocenters. The minimum Gasteiger partial charge on any atom is -0.252 e. The van der Waals surface area contributed by atoms with Crippen LogP contribution in [0.2, 0.25) is 0 Å². The Bertz CT molecular complexity index is 560. The predicted molar refractivity (Wildman–Crippen MR) is 83.9 cm³/mol. The Labute approximate surface area is 120 Å². The molecule has 2 aromatic rings. The van der Waals surface area contributed by atoms with Gasteiger partial charge in [-0.25, -0.2) is 9.97 Å². The van der Waals surface area contributed by atoms with Gasteiger partial charge in [0.25, 0.3) is 0 Å². The topological polar surface area (TPSA) is 38.1 Å². The summed E-state index contributed by atoms with van der Waals surface area (Å²) >= 11 is 0. The molecular weight excluding hydrogens is 246 g/mol. The van der Waals surface area contributed by atoms with Crippen molar-refractivity contribution in [1.82, 2.24) is 9.97 Å². The minimum atomic E-state index is 0.442. The van der Waals surface area contributed by atoms with Crippen LogP contribution in [0.15, 0.2) is 41.7 Å². The molecule has 0 saturated heterocycles. The quantitative estimate of drug-likeness (QED) is 0.766. The van der Waals surface area contributed by atoms with Crippen LogP contribution in [0.1, 0.15) is 56.5 Å². The first-order valence-electron chi connectivity index (χ1n) is 7.03. The zero-order chi connectivity index (χ0) is 14.5. The van der Waals surface area contributed by atoms with Gasteiger partial charge >= 0.3 is 0 Å². The van der Waals surface area contributed by atoms with E-state index in [1.54, 1.807) is 24.7 Å². The van der Waals surface area contributed by atoms with Crippen LogP contribution in [0.25, 0.3) is 0 Å². The van der Waals surface area contributed by atoms with Gasteiger partial charge in [-0.05, 0) is 29.0 Å². The summed E-state index contributed by atoms with van der Waals surface area (Å²) in [6.45, 7) is 8.77. The van der Waals surface area contributed by atoms with E-state index in [2.05, 4.69) is 60.9 Å². The van der Waals surface area contributed by atoms with Gasteiger partial charge < -0.3 is 0 Å². The third-order valence-corrected chi connectivity index (χ3v) is 3.24. The molecule has 3 heteroatoms. The summed E-state index contributed by atoms with van der Waals surface area (Å²) in [7, 11) is 0. The summed E-state index contributed by atoms with van der Waals surface area (Å²) in [6, 6.07) is 8.21. The third kappa shape index (κ3) is 3.29. The zero-order valence-electron chi connectivity index (χ0n) is 12.5. The second-order valence-electron chi connectivity index (χ2n) is 5.46.